The van der Waals surface area contributed by atoms with Crippen molar-refractivity contribution in [1.82, 2.24) is 0 Å². The van der Waals surface area contributed by atoms with Gasteiger partial charge < -0.3 is 4.66 Å². The van der Waals surface area contributed by atoms with Gasteiger partial charge in [-0.05, 0) is 12.1 Å². The lowest BCUT2D eigenvalue weighted by Crippen LogP contribution is -2.11. The van der Waals surface area contributed by atoms with Crippen LogP contribution in [0.1, 0.15) is 10.4 Å². The number of rotatable bonds is 2. The van der Waals surface area contributed by atoms with Crippen LogP contribution in [0.25, 0.3) is 0 Å². The first-order valence-corrected chi connectivity index (χ1v) is 3.49. The van der Waals surface area contributed by atoms with Gasteiger partial charge in [-0.15, -0.1) is 0 Å². The Labute approximate surface area is 67.7 Å². The molecule has 4 heteroatoms. The monoisotopic (exact) mass is 172 g/mol. The van der Waals surface area contributed by atoms with Gasteiger partial charge >= 0.3 is 17.3 Å². The smallest absolute Gasteiger partial charge is 0.407 e. The standard InChI is InChI=1S/C7H5ClO3/c9-7(11-8-10)6-4-2-1-3-5-6/h1-5H. The van der Waals surface area contributed by atoms with Crippen molar-refractivity contribution in [3.63, 3.8) is 0 Å². The summed E-state index contributed by atoms with van der Waals surface area (Å²) in [7, 11) is 0. The minimum Gasteiger partial charge on any atom is -0.495 e. The molecule has 0 aliphatic heterocycles. The maximum absolute atomic E-state index is 10.8. The molecule has 0 aliphatic carbocycles. The van der Waals surface area contributed by atoms with Crippen LogP contribution in [0.4, 0.5) is 0 Å². The summed E-state index contributed by atoms with van der Waals surface area (Å²) >= 11 is 0.225. The first-order chi connectivity index (χ1) is 5.34. The Morgan fingerprint density at radius 1 is 1.36 bits per heavy atom. The van der Waals surface area contributed by atoms with Crippen LogP contribution in [-0.4, -0.2) is 5.97 Å². The van der Waals surface area contributed by atoms with E-state index in [1.165, 1.54) is 0 Å². The van der Waals surface area contributed by atoms with Crippen molar-refractivity contribution in [3.8, 4) is 0 Å². The van der Waals surface area contributed by atoms with Gasteiger partial charge in [0, 0.05) is 0 Å². The second kappa shape index (κ2) is 3.95. The van der Waals surface area contributed by atoms with E-state index in [0.717, 1.165) is 0 Å². The second-order valence-corrected chi connectivity index (χ2v) is 2.07. The summed E-state index contributed by atoms with van der Waals surface area (Å²) in [5.74, 6) is -0.631. The van der Waals surface area contributed by atoms with Crippen molar-refractivity contribution in [2.24, 2.45) is 0 Å². The summed E-state index contributed by atoms with van der Waals surface area (Å²) in [4.78, 5) is 10.8. The number of carbonyl (C=O) groups excluding carboxylic acids is 1. The van der Waals surface area contributed by atoms with E-state index in [1.54, 1.807) is 30.3 Å². The Kier molecular flexibility index (Phi) is 2.89. The topological polar surface area (TPSA) is 49.4 Å². The fourth-order valence-electron chi connectivity index (χ4n) is 0.647. The molecule has 0 atom stereocenters. The summed E-state index contributed by atoms with van der Waals surface area (Å²) in [5, 5.41) is 0. The average molecular weight is 173 g/mol. The maximum atomic E-state index is 10.8. The molecule has 0 heterocycles. The fraction of sp³-hybridized carbons (Fsp3) is 0. The molecule has 1 aromatic rings. The van der Waals surface area contributed by atoms with Gasteiger partial charge in [-0.25, -0.2) is 4.79 Å². The molecule has 0 saturated heterocycles. The highest BCUT2D eigenvalue weighted by molar-refractivity contribution is 5.88. The molecule has 0 N–H and O–H groups in total. The van der Waals surface area contributed by atoms with Crippen LogP contribution in [0.2, 0.25) is 0 Å². The molecule has 0 radical (unpaired) electrons. The number of benzene rings is 1. The molecule has 0 fully saturated rings. The largest absolute Gasteiger partial charge is 0.495 e. The number of hydrogen-bond acceptors (Lipinski definition) is 3. The van der Waals surface area contributed by atoms with E-state index in [0.29, 0.717) is 5.56 Å². The Hall–Kier alpha value is -1.06. The summed E-state index contributed by atoms with van der Waals surface area (Å²) in [6, 6.07) is 8.31. The van der Waals surface area contributed by atoms with E-state index in [4.69, 9.17) is 0 Å². The third-order valence-electron chi connectivity index (χ3n) is 1.11. The van der Waals surface area contributed by atoms with Crippen molar-refractivity contribution in [2.45, 2.75) is 0 Å². The van der Waals surface area contributed by atoms with E-state index in [1.807, 2.05) is 0 Å². The van der Waals surface area contributed by atoms with Gasteiger partial charge in [0.15, 0.2) is 0 Å². The summed E-state index contributed by atoms with van der Waals surface area (Å²) in [6.07, 6.45) is 0. The lowest BCUT2D eigenvalue weighted by Gasteiger charge is -1.90. The maximum Gasteiger partial charge on any atom is 0.407 e. The zero-order valence-corrected chi connectivity index (χ0v) is 6.25. The van der Waals surface area contributed by atoms with Crippen LogP contribution in [0.3, 0.4) is 0 Å². The van der Waals surface area contributed by atoms with E-state index in [-0.39, 0.29) is 11.3 Å². The normalized spacial score (nSPS) is 9.18. The molecule has 3 nitrogen and oxygen atoms in total. The Balaban J connectivity index is 2.69. The second-order valence-electron chi connectivity index (χ2n) is 1.79. The van der Waals surface area contributed by atoms with E-state index < -0.39 is 5.97 Å². The number of carbonyl (C=O) groups is 1. The lowest BCUT2D eigenvalue weighted by atomic mass is 10.2. The molecule has 0 aromatic heterocycles. The Bertz CT molecular complexity index is 235. The highest BCUT2D eigenvalue weighted by atomic mass is 35.6. The summed E-state index contributed by atoms with van der Waals surface area (Å²) in [6.45, 7) is 0. The Morgan fingerprint density at radius 2 is 2.00 bits per heavy atom. The van der Waals surface area contributed by atoms with Gasteiger partial charge in [-0.3, -0.25) is 0 Å². The molecule has 1 rings (SSSR count). The third-order valence-corrected chi connectivity index (χ3v) is 1.31. The molecule has 1 aromatic carbocycles. The van der Waals surface area contributed by atoms with Gasteiger partial charge in [-0.1, -0.05) is 18.2 Å². The van der Waals surface area contributed by atoms with Gasteiger partial charge in [0.25, 0.3) is 0 Å². The van der Waals surface area contributed by atoms with Crippen LogP contribution in [0, 0.1) is 11.3 Å². The van der Waals surface area contributed by atoms with Crippen LogP contribution in [-0.2, 0) is 4.29 Å². The zero-order valence-electron chi connectivity index (χ0n) is 5.49. The van der Waals surface area contributed by atoms with Crippen LogP contribution in [0.15, 0.2) is 30.3 Å². The molecule has 0 amide bonds. The molecule has 0 spiro atoms. The molecular weight excluding hydrogens is 168 g/mol. The predicted octanol–water partition coefficient (Wildman–Crippen LogP) is 0.119. The zero-order chi connectivity index (χ0) is 8.10. The molecule has 0 unspecified atom stereocenters. The van der Waals surface area contributed by atoms with Crippen LogP contribution >= 0.6 is 0 Å². The van der Waals surface area contributed by atoms with Crippen molar-refractivity contribution < 1.29 is 25.1 Å². The molecule has 0 saturated carbocycles. The minimum atomic E-state index is -0.631. The highest BCUT2D eigenvalue weighted by Crippen LogP contribution is 1.99. The summed E-state index contributed by atoms with van der Waals surface area (Å²) < 4.78 is 13.8. The summed E-state index contributed by atoms with van der Waals surface area (Å²) in [5.41, 5.74) is 0.371. The van der Waals surface area contributed by atoms with Gasteiger partial charge in [0.05, 0.1) is 5.56 Å². The Morgan fingerprint density at radius 3 is 2.55 bits per heavy atom. The average Bonchev–Trinajstić information content (AvgIpc) is 2.07. The highest BCUT2D eigenvalue weighted by Gasteiger charge is 2.10. The van der Waals surface area contributed by atoms with E-state index in [2.05, 4.69) is 4.29 Å². The molecular formula is C7H5ClO3. The van der Waals surface area contributed by atoms with Gasteiger partial charge in [0.1, 0.15) is 0 Å². The number of hydrogen-bond donors (Lipinski definition) is 0. The number of halogens is 1. The molecule has 0 aliphatic rings. The fourth-order valence-corrected chi connectivity index (χ4v) is 0.794. The van der Waals surface area contributed by atoms with Gasteiger partial charge in [0.2, 0.25) is 0 Å². The van der Waals surface area contributed by atoms with E-state index in [9.17, 15) is 9.45 Å². The quantitative estimate of drug-likeness (QED) is 0.637. The van der Waals surface area contributed by atoms with Crippen LogP contribution < -0.4 is 4.66 Å². The first-order valence-electron chi connectivity index (χ1n) is 2.88. The lowest BCUT2D eigenvalue weighted by molar-refractivity contribution is -1.26. The van der Waals surface area contributed by atoms with Crippen molar-refractivity contribution in [1.29, 1.82) is 0 Å². The predicted molar refractivity (Wildman–Crippen MR) is 31.9 cm³/mol. The van der Waals surface area contributed by atoms with Crippen molar-refractivity contribution in [3.05, 3.63) is 35.9 Å². The minimum absolute atomic E-state index is 0.225. The third kappa shape index (κ3) is 2.22. The van der Waals surface area contributed by atoms with Crippen LogP contribution in [0.5, 0.6) is 0 Å². The first kappa shape index (κ1) is 8.04. The SMILES string of the molecule is O=C(O[Cl+][O-])c1ccccc1. The van der Waals surface area contributed by atoms with Crippen molar-refractivity contribution in [2.75, 3.05) is 0 Å². The van der Waals surface area contributed by atoms with E-state index >= 15 is 0 Å². The van der Waals surface area contributed by atoms with Gasteiger partial charge in [-0.2, -0.15) is 4.29 Å². The molecule has 58 valence electrons. The molecule has 11 heavy (non-hydrogen) atoms. The molecule has 0 bridgehead atoms. The van der Waals surface area contributed by atoms with Crippen molar-refractivity contribution >= 4 is 5.97 Å².